The molecule has 11 heteroatoms. The topological polar surface area (TPSA) is 58.4 Å². The van der Waals surface area contributed by atoms with Crippen LogP contribution in [0.3, 0.4) is 0 Å². The fourth-order valence-electron chi connectivity index (χ4n) is 5.20. The van der Waals surface area contributed by atoms with Crippen LogP contribution in [0.5, 0.6) is 0 Å². The zero-order chi connectivity index (χ0) is 44.3. The van der Waals surface area contributed by atoms with Crippen molar-refractivity contribution in [2.75, 3.05) is 26.0 Å². The molecule has 0 saturated carbocycles. The van der Waals surface area contributed by atoms with Crippen LogP contribution in [0, 0.1) is 5.82 Å². The molecule has 0 N–H and O–H groups in total. The monoisotopic (exact) mass is 691 g/mol. The van der Waals surface area contributed by atoms with Gasteiger partial charge in [-0.25, -0.2) is 4.39 Å². The Bertz CT molecular complexity index is 2230. The van der Waals surface area contributed by atoms with Crippen LogP contribution < -0.4 is 5.56 Å². The highest BCUT2D eigenvalue weighted by atomic mass is 32.2. The summed E-state index contributed by atoms with van der Waals surface area (Å²) in [5.41, 5.74) is -2.98. The summed E-state index contributed by atoms with van der Waals surface area (Å²) in [6, 6.07) is 11.3. The molecule has 3 aromatic carbocycles. The molecule has 0 fully saturated rings. The van der Waals surface area contributed by atoms with Gasteiger partial charge in [0.25, 0.3) is 5.56 Å². The zero-order valence-corrected chi connectivity index (χ0v) is 27.1. The normalized spacial score (nSPS) is 19.0. The SMILES string of the molecule is [2H]C([2H])(Sc1nc(=O)c2c(n1CC(=O)N(C([2H])(C)c1ccc(-c3ccc(C(F)(F)F)cc3)cc1)C([2H])([2H])C([2H])([2H])N(C([2H])([2H])C)C([2H])([2H])C)CCC2)c1ccc(F)cc1. The van der Waals surface area contributed by atoms with Crippen molar-refractivity contribution in [3.63, 3.8) is 0 Å². The summed E-state index contributed by atoms with van der Waals surface area (Å²) in [5, 5.41) is -0.342. The maximum absolute atomic E-state index is 14.9. The van der Waals surface area contributed by atoms with Gasteiger partial charge in [0, 0.05) is 40.9 Å². The number of amides is 1. The minimum Gasteiger partial charge on any atom is -0.333 e. The molecule has 1 unspecified atom stereocenters. The van der Waals surface area contributed by atoms with Gasteiger partial charge in [0.2, 0.25) is 5.91 Å². The maximum atomic E-state index is 14.9. The van der Waals surface area contributed by atoms with E-state index < -0.39 is 73.3 Å². The third-order valence-electron chi connectivity index (χ3n) is 7.75. The molecule has 1 atom stereocenters. The Morgan fingerprint density at radius 2 is 1.60 bits per heavy atom. The summed E-state index contributed by atoms with van der Waals surface area (Å²) < 4.78 is 151. The molecule has 1 heterocycles. The fourth-order valence-corrected chi connectivity index (χ4v) is 5.96. The lowest BCUT2D eigenvalue weighted by Gasteiger charge is -2.33. The van der Waals surface area contributed by atoms with Crippen molar-refractivity contribution < 1.29 is 37.4 Å². The lowest BCUT2D eigenvalue weighted by Crippen LogP contribution is -2.42. The molecule has 48 heavy (non-hydrogen) atoms. The summed E-state index contributed by atoms with van der Waals surface area (Å²) in [5.74, 6) is -1.97. The van der Waals surface area contributed by atoms with Crippen LogP contribution in [0.4, 0.5) is 17.6 Å². The Morgan fingerprint density at radius 1 is 0.979 bits per heavy atom. The Kier molecular flexibility index (Phi) is 7.56. The van der Waals surface area contributed by atoms with Gasteiger partial charge in [0.15, 0.2) is 5.16 Å². The van der Waals surface area contributed by atoms with Gasteiger partial charge in [-0.2, -0.15) is 18.2 Å². The minimum absolute atomic E-state index is 0.0241. The molecule has 1 amide bonds. The lowest BCUT2D eigenvalue weighted by atomic mass is 9.99. The number of alkyl halides is 3. The molecule has 1 aliphatic carbocycles. The first-order chi connectivity index (χ1) is 26.9. The molecule has 5 rings (SSSR count). The minimum atomic E-state index is -4.58. The highest BCUT2D eigenvalue weighted by molar-refractivity contribution is 7.98. The number of carbonyl (C=O) groups excluding carboxylic acids is 1. The number of nitrogens with zero attached hydrogens (tertiary/aromatic N) is 4. The van der Waals surface area contributed by atoms with E-state index >= 15 is 0 Å². The van der Waals surface area contributed by atoms with E-state index in [4.69, 9.17) is 11.0 Å². The summed E-state index contributed by atoms with van der Waals surface area (Å²) in [7, 11) is 0. The standard InChI is InChI=1S/C37H40F4N4O2S/c1-4-43(5-2)21-22-44(25(3)27-11-13-28(14-12-27)29-15-17-30(18-16-29)37(39,40)41)34(46)23-45-33-8-6-7-32(33)35(47)42-36(45)48-24-26-9-19-31(38)20-10-26/h9-20,25H,4-8,21-24H2,1-3H3/i4D2,5D2,21D2,22D2,24D2,25D. The number of hydrogen-bond acceptors (Lipinski definition) is 5. The highest BCUT2D eigenvalue weighted by Gasteiger charge is 2.30. The van der Waals surface area contributed by atoms with Gasteiger partial charge in [0.1, 0.15) is 12.4 Å². The predicted octanol–water partition coefficient (Wildman–Crippen LogP) is 7.78. The lowest BCUT2D eigenvalue weighted by molar-refractivity contribution is -0.137. The summed E-state index contributed by atoms with van der Waals surface area (Å²) in [6.45, 7) is -11.6. The number of aromatic nitrogens is 2. The van der Waals surface area contributed by atoms with Crippen molar-refractivity contribution in [2.24, 2.45) is 0 Å². The average molecular weight is 692 g/mol. The van der Waals surface area contributed by atoms with Crippen LogP contribution in [-0.4, -0.2) is 51.2 Å². The second-order valence-electron chi connectivity index (χ2n) is 10.7. The first-order valence-corrected chi connectivity index (χ1v) is 15.7. The van der Waals surface area contributed by atoms with E-state index in [0.29, 0.717) is 29.3 Å². The van der Waals surface area contributed by atoms with E-state index in [-0.39, 0.29) is 50.2 Å². The van der Waals surface area contributed by atoms with Gasteiger partial charge < -0.3 is 14.4 Å². The van der Waals surface area contributed by atoms with E-state index in [0.717, 1.165) is 45.0 Å². The van der Waals surface area contributed by atoms with E-state index in [2.05, 4.69) is 4.98 Å². The van der Waals surface area contributed by atoms with Crippen molar-refractivity contribution in [2.45, 2.75) is 69.6 Å². The predicted molar refractivity (Wildman–Crippen MR) is 181 cm³/mol. The first kappa shape index (κ1) is 23.4. The van der Waals surface area contributed by atoms with Crippen molar-refractivity contribution in [3.8, 4) is 11.1 Å². The molecule has 1 aromatic heterocycles. The van der Waals surface area contributed by atoms with Crippen LogP contribution in [0.15, 0.2) is 82.7 Å². The average Bonchev–Trinajstić information content (AvgIpc) is 3.59. The fraction of sp³-hybridized carbons (Fsp3) is 0.378. The Labute approximate surface area is 298 Å². The van der Waals surface area contributed by atoms with Crippen LogP contribution >= 0.6 is 11.8 Å². The molecular weight excluding hydrogens is 640 g/mol. The molecule has 6 nitrogen and oxygen atoms in total. The Balaban J connectivity index is 1.66. The number of hydrogen-bond donors (Lipinski definition) is 0. The molecule has 0 spiro atoms. The molecular formula is C37H40F4N4O2S. The molecule has 0 aliphatic heterocycles. The number of halogens is 4. The van der Waals surface area contributed by atoms with E-state index in [1.165, 1.54) is 53.1 Å². The number of carbonyl (C=O) groups is 1. The maximum Gasteiger partial charge on any atom is 0.416 e. The number of rotatable bonds is 13. The Morgan fingerprint density at radius 3 is 2.21 bits per heavy atom. The molecule has 4 aromatic rings. The Hall–Kier alpha value is -3.96. The van der Waals surface area contributed by atoms with Gasteiger partial charge in [-0.15, -0.1) is 0 Å². The molecule has 1 aliphatic rings. The first-order valence-electron chi connectivity index (χ1n) is 20.4. The van der Waals surface area contributed by atoms with Crippen molar-refractivity contribution >= 4 is 17.7 Å². The van der Waals surface area contributed by atoms with E-state index in [1.54, 1.807) is 0 Å². The van der Waals surface area contributed by atoms with Gasteiger partial charge in [-0.3, -0.25) is 9.59 Å². The second-order valence-corrected chi connectivity index (χ2v) is 11.5. The zero-order valence-electron chi connectivity index (χ0n) is 37.3. The molecule has 254 valence electrons. The van der Waals surface area contributed by atoms with Gasteiger partial charge in [-0.1, -0.05) is 74.1 Å². The number of thioether (sulfide) groups is 1. The summed E-state index contributed by atoms with van der Waals surface area (Å²) in [6.07, 6.45) is -3.71. The van der Waals surface area contributed by atoms with Crippen LogP contribution in [0.25, 0.3) is 11.1 Å². The van der Waals surface area contributed by atoms with Crippen molar-refractivity contribution in [3.05, 3.63) is 117 Å². The number of benzene rings is 3. The second kappa shape index (κ2) is 15.5. The smallest absolute Gasteiger partial charge is 0.333 e. The molecule has 0 bridgehead atoms. The molecule has 0 radical (unpaired) electrons. The van der Waals surface area contributed by atoms with Gasteiger partial charge >= 0.3 is 6.18 Å². The largest absolute Gasteiger partial charge is 0.416 e. The third kappa shape index (κ3) is 8.36. The number of fused-ring (bicyclic) bond motifs is 1. The molecule has 0 saturated heterocycles. The quantitative estimate of drug-likeness (QED) is 0.0815. The third-order valence-corrected chi connectivity index (χ3v) is 8.58. The van der Waals surface area contributed by atoms with Gasteiger partial charge in [-0.05, 0) is 85.7 Å². The van der Waals surface area contributed by atoms with Crippen molar-refractivity contribution in [1.82, 2.24) is 19.4 Å². The number of likely N-dealkylation sites (N-methyl/N-ethyl adjacent to an activating group) is 1. The van der Waals surface area contributed by atoms with Crippen LogP contribution in [-0.2, 0) is 36.1 Å². The van der Waals surface area contributed by atoms with E-state index in [9.17, 15) is 31.3 Å². The van der Waals surface area contributed by atoms with E-state index in [1.807, 2.05) is 0 Å². The van der Waals surface area contributed by atoms with Crippen LogP contribution in [0.2, 0.25) is 0 Å². The van der Waals surface area contributed by atoms with Crippen LogP contribution in [0.1, 0.15) is 76.2 Å². The highest BCUT2D eigenvalue weighted by Crippen LogP contribution is 2.32. The van der Waals surface area contributed by atoms with Crippen molar-refractivity contribution in [1.29, 1.82) is 0 Å². The summed E-state index contributed by atoms with van der Waals surface area (Å²) >= 11 is 0.403. The summed E-state index contributed by atoms with van der Waals surface area (Å²) in [4.78, 5) is 32.3. The van der Waals surface area contributed by atoms with Gasteiger partial charge in [0.05, 0.1) is 15.7 Å².